The maximum atomic E-state index is 12.7. The number of esters is 2. The van der Waals surface area contributed by atoms with Crippen LogP contribution in [0.4, 0.5) is 0 Å². The molecule has 0 amide bonds. The lowest BCUT2D eigenvalue weighted by Gasteiger charge is -2.50. The van der Waals surface area contributed by atoms with Gasteiger partial charge >= 0.3 is 11.9 Å². The van der Waals surface area contributed by atoms with Crippen LogP contribution in [0.1, 0.15) is 38.2 Å². The van der Waals surface area contributed by atoms with Crippen molar-refractivity contribution in [1.82, 2.24) is 0 Å². The Morgan fingerprint density at radius 3 is 2.08 bits per heavy atom. The summed E-state index contributed by atoms with van der Waals surface area (Å²) in [5.41, 5.74) is -3.22. The van der Waals surface area contributed by atoms with Gasteiger partial charge in [-0.05, 0) is 32.3 Å². The van der Waals surface area contributed by atoms with Crippen LogP contribution in [0, 0.1) is 38.9 Å². The van der Waals surface area contributed by atoms with Gasteiger partial charge in [-0.15, -0.1) is 0 Å². The number of nitrogens with zero attached hydrogens (tertiary/aromatic N) is 2. The topological polar surface area (TPSA) is 100 Å². The molecule has 0 saturated heterocycles. The van der Waals surface area contributed by atoms with Crippen LogP contribution in [0.3, 0.4) is 0 Å². The van der Waals surface area contributed by atoms with Crippen LogP contribution in [0.25, 0.3) is 0 Å². The third kappa shape index (κ3) is 1.96. The van der Waals surface area contributed by atoms with E-state index in [1.807, 2.05) is 30.3 Å². The molecule has 6 nitrogen and oxygen atoms in total. The first-order valence-corrected chi connectivity index (χ1v) is 8.71. The molecule has 0 N–H and O–H groups in total. The number of nitriles is 2. The monoisotopic (exact) mass is 352 g/mol. The van der Waals surface area contributed by atoms with Crippen LogP contribution in [0.5, 0.6) is 0 Å². The van der Waals surface area contributed by atoms with Gasteiger partial charge in [-0.25, -0.2) is 0 Å². The number of rotatable bonds is 5. The van der Waals surface area contributed by atoms with E-state index in [1.54, 1.807) is 13.8 Å². The summed E-state index contributed by atoms with van der Waals surface area (Å²) in [6.45, 7) is 3.54. The largest absolute Gasteiger partial charge is 0.465 e. The molecule has 1 aromatic carbocycles. The van der Waals surface area contributed by atoms with E-state index in [0.717, 1.165) is 5.56 Å². The van der Waals surface area contributed by atoms with Crippen molar-refractivity contribution in [2.45, 2.75) is 32.6 Å². The van der Waals surface area contributed by atoms with E-state index in [4.69, 9.17) is 9.47 Å². The molecular formula is C20H20N2O4. The molecule has 2 aliphatic carbocycles. The van der Waals surface area contributed by atoms with Gasteiger partial charge in [0.1, 0.15) is 0 Å². The summed E-state index contributed by atoms with van der Waals surface area (Å²) in [5.74, 6) is -1.75. The summed E-state index contributed by atoms with van der Waals surface area (Å²) in [4.78, 5) is 25.3. The Hall–Kier alpha value is -2.86. The van der Waals surface area contributed by atoms with Crippen LogP contribution < -0.4 is 0 Å². The highest BCUT2D eigenvalue weighted by Crippen LogP contribution is 2.85. The van der Waals surface area contributed by atoms with Crippen molar-refractivity contribution < 1.29 is 19.1 Å². The Bertz CT molecular complexity index is 788. The van der Waals surface area contributed by atoms with Gasteiger partial charge in [-0.2, -0.15) is 10.5 Å². The number of carbonyl (C=O) groups excluding carboxylic acids is 2. The second-order valence-corrected chi connectivity index (χ2v) is 6.80. The molecule has 1 spiro atoms. The van der Waals surface area contributed by atoms with Crippen molar-refractivity contribution in [2.24, 2.45) is 16.2 Å². The molecule has 1 aromatic rings. The molecule has 2 fully saturated rings. The van der Waals surface area contributed by atoms with E-state index < -0.39 is 28.2 Å². The molecule has 0 unspecified atom stereocenters. The average Bonchev–Trinajstić information content (AvgIpc) is 3.36. The smallest absolute Gasteiger partial charge is 0.324 e. The molecule has 6 heteroatoms. The van der Waals surface area contributed by atoms with Gasteiger partial charge in [0.2, 0.25) is 0 Å². The Balaban J connectivity index is 2.05. The first-order chi connectivity index (χ1) is 12.5. The maximum Gasteiger partial charge on any atom is 0.324 e. The Labute approximate surface area is 152 Å². The first kappa shape index (κ1) is 17.9. The van der Waals surface area contributed by atoms with Gasteiger partial charge in [0.15, 0.2) is 10.8 Å². The molecule has 0 aromatic heterocycles. The predicted molar refractivity (Wildman–Crippen MR) is 90.2 cm³/mol. The van der Waals surface area contributed by atoms with E-state index in [9.17, 15) is 20.1 Å². The quantitative estimate of drug-likeness (QED) is 0.596. The molecule has 26 heavy (non-hydrogen) atoms. The van der Waals surface area contributed by atoms with Crippen molar-refractivity contribution in [3.8, 4) is 12.1 Å². The van der Waals surface area contributed by atoms with Gasteiger partial charge in [-0.3, -0.25) is 9.59 Å². The molecule has 0 bridgehead atoms. The van der Waals surface area contributed by atoms with Crippen molar-refractivity contribution >= 4 is 11.9 Å². The Morgan fingerprint density at radius 1 is 1.08 bits per heavy atom. The third-order valence-corrected chi connectivity index (χ3v) is 5.89. The summed E-state index contributed by atoms with van der Waals surface area (Å²) < 4.78 is 10.3. The molecule has 0 heterocycles. The minimum absolute atomic E-state index is 0.113. The van der Waals surface area contributed by atoms with E-state index in [1.165, 1.54) is 0 Å². The minimum atomic E-state index is -1.56. The van der Waals surface area contributed by atoms with Crippen LogP contribution in [-0.4, -0.2) is 25.2 Å². The Kier molecular flexibility index (Phi) is 4.24. The lowest BCUT2D eigenvalue weighted by molar-refractivity contribution is -0.170. The molecule has 2 saturated carbocycles. The second-order valence-electron chi connectivity index (χ2n) is 6.80. The fraction of sp³-hybridized carbons (Fsp3) is 0.500. The fourth-order valence-electron chi connectivity index (χ4n) is 4.57. The molecule has 3 rings (SSSR count). The summed E-state index contributed by atoms with van der Waals surface area (Å²) in [6, 6.07) is 13.5. The highest BCUT2D eigenvalue weighted by molar-refractivity contribution is 6.06. The second kappa shape index (κ2) is 6.14. The van der Waals surface area contributed by atoms with Crippen molar-refractivity contribution in [2.75, 3.05) is 13.2 Å². The van der Waals surface area contributed by atoms with Gasteiger partial charge in [0.25, 0.3) is 0 Å². The maximum absolute atomic E-state index is 12.7. The third-order valence-electron chi connectivity index (χ3n) is 5.89. The van der Waals surface area contributed by atoms with Crippen molar-refractivity contribution in [1.29, 1.82) is 10.5 Å². The molecular weight excluding hydrogens is 332 g/mol. The van der Waals surface area contributed by atoms with Crippen molar-refractivity contribution in [3.05, 3.63) is 35.9 Å². The van der Waals surface area contributed by atoms with E-state index >= 15 is 0 Å². The van der Waals surface area contributed by atoms with E-state index in [2.05, 4.69) is 12.1 Å². The van der Waals surface area contributed by atoms with E-state index in [0.29, 0.717) is 6.42 Å². The molecule has 0 aliphatic heterocycles. The zero-order chi connectivity index (χ0) is 19.0. The van der Waals surface area contributed by atoms with Gasteiger partial charge < -0.3 is 9.47 Å². The number of carbonyl (C=O) groups is 2. The number of benzene rings is 1. The lowest BCUT2D eigenvalue weighted by Crippen LogP contribution is -2.54. The fourth-order valence-corrected chi connectivity index (χ4v) is 4.57. The van der Waals surface area contributed by atoms with Gasteiger partial charge in [-0.1, -0.05) is 30.3 Å². The number of ether oxygens (including phenoxy) is 2. The normalized spacial score (nSPS) is 26.7. The van der Waals surface area contributed by atoms with Crippen LogP contribution in [-0.2, 0) is 19.1 Å². The highest BCUT2D eigenvalue weighted by atomic mass is 16.6. The summed E-state index contributed by atoms with van der Waals surface area (Å²) in [6.07, 6.45) is 0.512. The molecule has 0 radical (unpaired) electrons. The zero-order valence-corrected chi connectivity index (χ0v) is 14.8. The van der Waals surface area contributed by atoms with Crippen LogP contribution >= 0.6 is 0 Å². The minimum Gasteiger partial charge on any atom is -0.465 e. The summed E-state index contributed by atoms with van der Waals surface area (Å²) in [7, 11) is 0. The van der Waals surface area contributed by atoms with Crippen LogP contribution in [0.15, 0.2) is 30.3 Å². The summed E-state index contributed by atoms with van der Waals surface area (Å²) >= 11 is 0. The predicted octanol–water partition coefficient (Wildman–Crippen LogP) is 2.71. The van der Waals surface area contributed by atoms with Gasteiger partial charge in [0, 0.05) is 11.3 Å². The number of hydrogen-bond donors (Lipinski definition) is 0. The summed E-state index contributed by atoms with van der Waals surface area (Å²) in [5, 5.41) is 19.8. The van der Waals surface area contributed by atoms with E-state index in [-0.39, 0.29) is 25.6 Å². The zero-order valence-electron chi connectivity index (χ0n) is 14.8. The molecule has 2 aliphatic rings. The molecule has 134 valence electrons. The average molecular weight is 352 g/mol. The SMILES string of the molecule is CCOC(=O)C1(C(=O)OCC)C[C@@]12C[C@@H](c1ccccc1)C2(C#N)C#N. The van der Waals surface area contributed by atoms with Gasteiger partial charge in [0.05, 0.1) is 25.4 Å². The highest BCUT2D eigenvalue weighted by Gasteiger charge is 2.91. The standard InChI is InChI=1S/C20H20N2O4/c1-3-25-16(23)20(17(24)26-4-2)11-19(20)10-15(18(19,12-21)13-22)14-8-6-5-7-9-14/h5-9,15H,3-4,10-11H2,1-2H3/t15-,19+/m0/s1. The first-order valence-electron chi connectivity index (χ1n) is 8.71. The molecule has 2 atom stereocenters. The van der Waals surface area contributed by atoms with Crippen molar-refractivity contribution in [3.63, 3.8) is 0 Å². The lowest BCUT2D eigenvalue weighted by atomic mass is 9.47. The van der Waals surface area contributed by atoms with Crippen LogP contribution in [0.2, 0.25) is 0 Å². The Morgan fingerprint density at radius 2 is 1.62 bits per heavy atom. The number of hydrogen-bond acceptors (Lipinski definition) is 6.